The lowest BCUT2D eigenvalue weighted by Crippen LogP contribution is -1.98. The van der Waals surface area contributed by atoms with Crippen LogP contribution in [0.2, 0.25) is 0 Å². The van der Waals surface area contributed by atoms with Crippen LogP contribution in [-0.4, -0.2) is 9.91 Å². The molecular formula is C12H7BrF2N2O3. The second-order valence-electron chi connectivity index (χ2n) is 3.69. The summed E-state index contributed by atoms with van der Waals surface area (Å²) in [5.41, 5.74) is -0.317. The summed E-state index contributed by atoms with van der Waals surface area (Å²) >= 11 is 3.21. The smallest absolute Gasteiger partial charge is 0.307 e. The largest absolute Gasteiger partial charge is 0.436 e. The predicted molar refractivity (Wildman–Crippen MR) is 70.0 cm³/mol. The molecule has 0 fully saturated rings. The lowest BCUT2D eigenvalue weighted by atomic mass is 10.2. The van der Waals surface area contributed by atoms with Gasteiger partial charge in [-0.15, -0.1) is 0 Å². The molecule has 0 bridgehead atoms. The van der Waals surface area contributed by atoms with Crippen molar-refractivity contribution in [2.24, 2.45) is 0 Å². The van der Waals surface area contributed by atoms with E-state index >= 15 is 0 Å². The topological polar surface area (TPSA) is 65.3 Å². The monoisotopic (exact) mass is 344 g/mol. The van der Waals surface area contributed by atoms with Crippen LogP contribution >= 0.6 is 15.9 Å². The average Bonchev–Trinajstić information content (AvgIpc) is 2.42. The maximum Gasteiger partial charge on any atom is 0.307 e. The maximum absolute atomic E-state index is 13.7. The molecule has 5 nitrogen and oxygen atoms in total. The number of halogens is 3. The van der Waals surface area contributed by atoms with Crippen LogP contribution < -0.4 is 4.74 Å². The number of nitrogens with zero attached hydrogens (tertiary/aromatic N) is 2. The second-order valence-corrected chi connectivity index (χ2v) is 4.26. The van der Waals surface area contributed by atoms with Gasteiger partial charge in [-0.2, -0.15) is 4.39 Å². The molecule has 0 aliphatic heterocycles. The number of rotatable bonds is 4. The molecule has 0 saturated heterocycles. The summed E-state index contributed by atoms with van der Waals surface area (Å²) in [6, 6.07) is 4.45. The fraction of sp³-hybridized carbons (Fsp3) is 0.0833. The van der Waals surface area contributed by atoms with Gasteiger partial charge in [0.2, 0.25) is 11.7 Å². The van der Waals surface area contributed by atoms with Gasteiger partial charge in [0.15, 0.2) is 11.6 Å². The number of benzene rings is 1. The fourth-order valence-corrected chi connectivity index (χ4v) is 1.88. The highest BCUT2D eigenvalue weighted by Gasteiger charge is 2.20. The molecule has 8 heteroatoms. The minimum absolute atomic E-state index is 0.0940. The number of ether oxygens (including phenoxy) is 1. The molecule has 2 rings (SSSR count). The molecule has 0 aliphatic rings. The third-order valence-electron chi connectivity index (χ3n) is 2.40. The lowest BCUT2D eigenvalue weighted by Gasteiger charge is -2.09. The Morgan fingerprint density at radius 2 is 2.10 bits per heavy atom. The van der Waals surface area contributed by atoms with Gasteiger partial charge in [0.25, 0.3) is 0 Å². The zero-order valence-electron chi connectivity index (χ0n) is 9.85. The number of nitro benzene ring substituents is 1. The van der Waals surface area contributed by atoms with Crippen LogP contribution in [0.1, 0.15) is 5.56 Å². The van der Waals surface area contributed by atoms with E-state index in [0.717, 1.165) is 0 Å². The SMILES string of the molecule is O=[N+]([O-])c1cc(F)c(Oc2ncccc2CBr)cc1F. The van der Waals surface area contributed by atoms with Crippen molar-refractivity contribution in [2.75, 3.05) is 0 Å². The zero-order valence-corrected chi connectivity index (χ0v) is 11.4. The summed E-state index contributed by atoms with van der Waals surface area (Å²) in [6.45, 7) is 0. The van der Waals surface area contributed by atoms with Crippen LogP contribution in [0.4, 0.5) is 14.5 Å². The van der Waals surface area contributed by atoms with Gasteiger partial charge in [0.05, 0.1) is 11.0 Å². The molecule has 0 saturated carbocycles. The molecule has 0 unspecified atom stereocenters. The number of hydrogen-bond acceptors (Lipinski definition) is 4. The highest BCUT2D eigenvalue weighted by Crippen LogP contribution is 2.31. The first kappa shape index (κ1) is 14.3. The van der Waals surface area contributed by atoms with Crippen molar-refractivity contribution >= 4 is 21.6 Å². The van der Waals surface area contributed by atoms with Crippen LogP contribution in [0.5, 0.6) is 11.6 Å². The molecule has 1 heterocycles. The van der Waals surface area contributed by atoms with E-state index in [9.17, 15) is 18.9 Å². The molecule has 0 amide bonds. The molecule has 0 atom stereocenters. The van der Waals surface area contributed by atoms with Crippen LogP contribution in [0.3, 0.4) is 0 Å². The zero-order chi connectivity index (χ0) is 14.7. The summed E-state index contributed by atoms with van der Waals surface area (Å²) in [6.07, 6.45) is 1.43. The Morgan fingerprint density at radius 1 is 1.35 bits per heavy atom. The van der Waals surface area contributed by atoms with E-state index in [0.29, 0.717) is 23.0 Å². The average molecular weight is 345 g/mol. The van der Waals surface area contributed by atoms with Crippen molar-refractivity contribution in [2.45, 2.75) is 5.33 Å². The van der Waals surface area contributed by atoms with Crippen molar-refractivity contribution in [3.63, 3.8) is 0 Å². The van der Waals surface area contributed by atoms with E-state index in [1.54, 1.807) is 12.1 Å². The van der Waals surface area contributed by atoms with Gasteiger partial charge in [0, 0.05) is 23.2 Å². The Morgan fingerprint density at radius 3 is 2.75 bits per heavy atom. The summed E-state index contributed by atoms with van der Waals surface area (Å²) in [4.78, 5) is 13.4. The molecule has 20 heavy (non-hydrogen) atoms. The quantitative estimate of drug-likeness (QED) is 0.478. The molecule has 1 aromatic heterocycles. The standard InChI is InChI=1S/C12H7BrF2N2O3/c13-6-7-2-1-3-16-12(7)20-11-5-8(14)10(17(18)19)4-9(11)15/h1-5H,6H2. The summed E-state index contributed by atoms with van der Waals surface area (Å²) in [5.74, 6) is -2.59. The number of alkyl halides is 1. The van der Waals surface area contributed by atoms with Crippen LogP contribution in [0.15, 0.2) is 30.5 Å². The van der Waals surface area contributed by atoms with Crippen molar-refractivity contribution in [3.8, 4) is 11.6 Å². The molecule has 2 aromatic rings. The van der Waals surface area contributed by atoms with Gasteiger partial charge < -0.3 is 4.74 Å². The van der Waals surface area contributed by atoms with E-state index in [1.807, 2.05) is 0 Å². The van der Waals surface area contributed by atoms with Gasteiger partial charge in [-0.25, -0.2) is 9.37 Å². The molecule has 1 aromatic carbocycles. The lowest BCUT2D eigenvalue weighted by molar-refractivity contribution is -0.387. The maximum atomic E-state index is 13.7. The first-order chi connectivity index (χ1) is 9.52. The van der Waals surface area contributed by atoms with E-state index < -0.39 is 28.0 Å². The van der Waals surface area contributed by atoms with Crippen LogP contribution in [0, 0.1) is 21.7 Å². The first-order valence-electron chi connectivity index (χ1n) is 5.34. The Kier molecular flexibility index (Phi) is 4.23. The van der Waals surface area contributed by atoms with E-state index in [4.69, 9.17) is 4.74 Å². The Bertz CT molecular complexity index is 667. The first-order valence-corrected chi connectivity index (χ1v) is 6.46. The number of nitro groups is 1. The highest BCUT2D eigenvalue weighted by atomic mass is 79.9. The number of hydrogen-bond donors (Lipinski definition) is 0. The van der Waals surface area contributed by atoms with Crippen LogP contribution in [-0.2, 0) is 5.33 Å². The molecule has 0 aliphatic carbocycles. The molecule has 0 radical (unpaired) electrons. The van der Waals surface area contributed by atoms with Gasteiger partial charge in [-0.05, 0) is 6.07 Å². The minimum atomic E-state index is -1.18. The summed E-state index contributed by atoms with van der Waals surface area (Å²) in [7, 11) is 0. The second kappa shape index (κ2) is 5.91. The Hall–Kier alpha value is -2.09. The third-order valence-corrected chi connectivity index (χ3v) is 3.00. The molecule has 0 spiro atoms. The van der Waals surface area contributed by atoms with Crippen molar-refractivity contribution in [3.05, 3.63) is 57.8 Å². The molecule has 104 valence electrons. The Labute approximate surface area is 120 Å². The van der Waals surface area contributed by atoms with Crippen molar-refractivity contribution < 1.29 is 18.4 Å². The summed E-state index contributed by atoms with van der Waals surface area (Å²) in [5, 5.41) is 10.9. The van der Waals surface area contributed by atoms with Gasteiger partial charge in [-0.3, -0.25) is 10.1 Å². The normalized spacial score (nSPS) is 10.3. The van der Waals surface area contributed by atoms with E-state index in [2.05, 4.69) is 20.9 Å². The van der Waals surface area contributed by atoms with E-state index in [1.165, 1.54) is 6.20 Å². The predicted octanol–water partition coefficient (Wildman–Crippen LogP) is 3.96. The summed E-state index contributed by atoms with van der Waals surface area (Å²) < 4.78 is 32.3. The van der Waals surface area contributed by atoms with Crippen molar-refractivity contribution in [1.82, 2.24) is 4.98 Å². The van der Waals surface area contributed by atoms with Gasteiger partial charge in [0.1, 0.15) is 0 Å². The minimum Gasteiger partial charge on any atom is -0.436 e. The molecule has 0 N–H and O–H groups in total. The number of pyridine rings is 1. The van der Waals surface area contributed by atoms with Crippen molar-refractivity contribution in [1.29, 1.82) is 0 Å². The number of aromatic nitrogens is 1. The molecular weight excluding hydrogens is 338 g/mol. The third kappa shape index (κ3) is 2.90. The van der Waals surface area contributed by atoms with Crippen LogP contribution in [0.25, 0.3) is 0 Å². The van der Waals surface area contributed by atoms with Gasteiger partial charge >= 0.3 is 5.69 Å². The fourth-order valence-electron chi connectivity index (χ4n) is 1.46. The van der Waals surface area contributed by atoms with E-state index in [-0.39, 0.29) is 5.88 Å². The van der Waals surface area contributed by atoms with Gasteiger partial charge in [-0.1, -0.05) is 22.0 Å². The Balaban J connectivity index is 2.39. The highest BCUT2D eigenvalue weighted by molar-refractivity contribution is 9.08.